The number of ether oxygens (including phenoxy) is 1. The molecule has 0 bridgehead atoms. The van der Waals surface area contributed by atoms with Crippen molar-refractivity contribution in [2.45, 2.75) is 38.3 Å². The van der Waals surface area contributed by atoms with E-state index in [0.29, 0.717) is 12.5 Å². The molecule has 23 heavy (non-hydrogen) atoms. The van der Waals surface area contributed by atoms with Gasteiger partial charge in [-0.1, -0.05) is 18.2 Å². The number of amides is 1. The maximum absolute atomic E-state index is 12.8. The molecule has 0 spiro atoms. The third-order valence-electron chi connectivity index (χ3n) is 4.89. The van der Waals surface area contributed by atoms with Gasteiger partial charge in [0.1, 0.15) is 11.6 Å². The molecule has 5 heteroatoms. The van der Waals surface area contributed by atoms with E-state index in [1.807, 2.05) is 48.5 Å². The van der Waals surface area contributed by atoms with Crippen LogP contribution < -0.4 is 4.74 Å². The number of para-hydroxylation sites is 1. The second-order valence-electron chi connectivity index (χ2n) is 6.38. The summed E-state index contributed by atoms with van der Waals surface area (Å²) in [5.74, 6) is 1.97. The minimum absolute atomic E-state index is 0.115. The molecule has 2 atom stereocenters. The second-order valence-corrected chi connectivity index (χ2v) is 6.38. The Hall–Kier alpha value is -2.30. The summed E-state index contributed by atoms with van der Waals surface area (Å²) in [6.07, 6.45) is 6.26. The van der Waals surface area contributed by atoms with Gasteiger partial charge in [0.25, 0.3) is 5.91 Å². The van der Waals surface area contributed by atoms with E-state index in [-0.39, 0.29) is 12.0 Å². The van der Waals surface area contributed by atoms with Crippen LogP contribution in [0.3, 0.4) is 0 Å². The van der Waals surface area contributed by atoms with Crippen LogP contribution in [0.2, 0.25) is 0 Å². The molecule has 0 radical (unpaired) electrons. The van der Waals surface area contributed by atoms with Crippen molar-refractivity contribution in [1.29, 1.82) is 0 Å². The molecular formula is C18H21N3O2. The van der Waals surface area contributed by atoms with Crippen molar-refractivity contribution in [2.24, 2.45) is 0 Å². The van der Waals surface area contributed by atoms with Gasteiger partial charge in [0.15, 0.2) is 6.10 Å². The largest absolute Gasteiger partial charge is 0.480 e. The molecule has 0 saturated carbocycles. The van der Waals surface area contributed by atoms with Crippen LogP contribution in [0.25, 0.3) is 0 Å². The van der Waals surface area contributed by atoms with E-state index in [4.69, 9.17) is 4.74 Å². The third kappa shape index (κ3) is 2.60. The normalized spacial score (nSPS) is 23.4. The number of hydrogen-bond acceptors (Lipinski definition) is 3. The van der Waals surface area contributed by atoms with Gasteiger partial charge in [-0.05, 0) is 31.4 Å². The van der Waals surface area contributed by atoms with Gasteiger partial charge >= 0.3 is 0 Å². The number of carbonyl (C=O) groups excluding carboxylic acids is 1. The Bertz CT molecular complexity index is 700. The summed E-state index contributed by atoms with van der Waals surface area (Å²) in [4.78, 5) is 19.1. The lowest BCUT2D eigenvalue weighted by Gasteiger charge is -2.35. The van der Waals surface area contributed by atoms with Gasteiger partial charge in [0, 0.05) is 31.9 Å². The van der Waals surface area contributed by atoms with Crippen molar-refractivity contribution in [3.63, 3.8) is 0 Å². The zero-order chi connectivity index (χ0) is 15.8. The number of fused-ring (bicyclic) bond motifs is 1. The Balaban J connectivity index is 1.46. The third-order valence-corrected chi connectivity index (χ3v) is 4.89. The number of rotatable bonds is 2. The van der Waals surface area contributed by atoms with Crippen molar-refractivity contribution in [3.05, 3.63) is 48.0 Å². The lowest BCUT2D eigenvalue weighted by atomic mass is 10.0. The Labute approximate surface area is 135 Å². The van der Waals surface area contributed by atoms with E-state index >= 15 is 0 Å². The molecule has 2 unspecified atom stereocenters. The number of nitrogens with zero attached hydrogens (tertiary/aromatic N) is 3. The minimum Gasteiger partial charge on any atom is -0.480 e. The van der Waals surface area contributed by atoms with Crippen molar-refractivity contribution in [2.75, 3.05) is 13.1 Å². The maximum atomic E-state index is 12.8. The van der Waals surface area contributed by atoms with E-state index in [1.54, 1.807) is 0 Å². The first-order valence-corrected chi connectivity index (χ1v) is 8.25. The molecule has 2 aliphatic heterocycles. The maximum Gasteiger partial charge on any atom is 0.264 e. The average molecular weight is 311 g/mol. The molecule has 2 aliphatic rings. The van der Waals surface area contributed by atoms with Crippen LogP contribution in [-0.4, -0.2) is 39.6 Å². The van der Waals surface area contributed by atoms with Crippen LogP contribution in [0.15, 0.2) is 36.7 Å². The van der Waals surface area contributed by atoms with Gasteiger partial charge in [-0.2, -0.15) is 0 Å². The monoisotopic (exact) mass is 311 g/mol. The quantitative estimate of drug-likeness (QED) is 0.855. The number of aromatic nitrogens is 2. The second kappa shape index (κ2) is 5.72. The highest BCUT2D eigenvalue weighted by atomic mass is 16.5. The molecule has 0 N–H and O–H groups in total. The first kappa shape index (κ1) is 14.3. The summed E-state index contributed by atoms with van der Waals surface area (Å²) >= 11 is 0. The summed E-state index contributed by atoms with van der Waals surface area (Å²) in [6, 6.07) is 8.24. The molecule has 1 aromatic carbocycles. The molecule has 2 aromatic rings. The van der Waals surface area contributed by atoms with Crippen LogP contribution in [0.1, 0.15) is 30.3 Å². The molecule has 120 valence electrons. The predicted octanol–water partition coefficient (Wildman–Crippen LogP) is 2.36. The first-order chi connectivity index (χ1) is 11.2. The van der Waals surface area contributed by atoms with Crippen molar-refractivity contribution in [1.82, 2.24) is 14.5 Å². The molecule has 4 rings (SSSR count). The van der Waals surface area contributed by atoms with Gasteiger partial charge < -0.3 is 14.2 Å². The smallest absolute Gasteiger partial charge is 0.264 e. The van der Waals surface area contributed by atoms with Crippen LogP contribution in [-0.2, 0) is 11.2 Å². The summed E-state index contributed by atoms with van der Waals surface area (Å²) in [5.41, 5.74) is 1.13. The molecular weight excluding hydrogens is 290 g/mol. The topological polar surface area (TPSA) is 47.4 Å². The van der Waals surface area contributed by atoms with E-state index < -0.39 is 0 Å². The Morgan fingerprint density at radius 3 is 3.00 bits per heavy atom. The van der Waals surface area contributed by atoms with Gasteiger partial charge in [-0.25, -0.2) is 4.98 Å². The van der Waals surface area contributed by atoms with E-state index in [9.17, 15) is 4.79 Å². The van der Waals surface area contributed by atoms with Gasteiger partial charge in [0.2, 0.25) is 0 Å². The predicted molar refractivity (Wildman–Crippen MR) is 86.4 cm³/mol. The van der Waals surface area contributed by atoms with Gasteiger partial charge in [0.05, 0.1) is 6.04 Å². The number of aryl methyl sites for hydroxylation is 1. The number of piperidine rings is 1. The highest BCUT2D eigenvalue weighted by molar-refractivity contribution is 5.82. The molecule has 1 saturated heterocycles. The summed E-state index contributed by atoms with van der Waals surface area (Å²) in [7, 11) is 0. The lowest BCUT2D eigenvalue weighted by Crippen LogP contribution is -2.46. The van der Waals surface area contributed by atoms with Crippen molar-refractivity contribution >= 4 is 5.91 Å². The number of carbonyl (C=O) groups is 1. The van der Waals surface area contributed by atoms with Crippen LogP contribution in [0, 0.1) is 6.92 Å². The zero-order valence-corrected chi connectivity index (χ0v) is 13.3. The zero-order valence-electron chi connectivity index (χ0n) is 13.3. The highest BCUT2D eigenvalue weighted by Crippen LogP contribution is 2.30. The van der Waals surface area contributed by atoms with Crippen molar-refractivity contribution < 1.29 is 9.53 Å². The van der Waals surface area contributed by atoms with Crippen LogP contribution >= 0.6 is 0 Å². The van der Waals surface area contributed by atoms with E-state index in [2.05, 4.69) is 9.55 Å². The molecule has 1 fully saturated rings. The molecule has 1 aromatic heterocycles. The first-order valence-electron chi connectivity index (χ1n) is 8.25. The minimum atomic E-state index is -0.366. The molecule has 1 amide bonds. The Kier molecular flexibility index (Phi) is 3.56. The molecule has 0 aliphatic carbocycles. The number of benzene rings is 1. The highest BCUT2D eigenvalue weighted by Gasteiger charge is 2.34. The summed E-state index contributed by atoms with van der Waals surface area (Å²) in [6.45, 7) is 3.57. The SMILES string of the molecule is Cc1nccn1C1CCCN(C(=O)C2Cc3ccccc3O2)C1. The lowest BCUT2D eigenvalue weighted by molar-refractivity contribution is -0.139. The van der Waals surface area contributed by atoms with E-state index in [1.165, 1.54) is 0 Å². The Morgan fingerprint density at radius 1 is 1.35 bits per heavy atom. The Morgan fingerprint density at radius 2 is 2.22 bits per heavy atom. The summed E-state index contributed by atoms with van der Waals surface area (Å²) in [5, 5.41) is 0. The van der Waals surface area contributed by atoms with Crippen LogP contribution in [0.5, 0.6) is 5.75 Å². The fourth-order valence-corrected chi connectivity index (χ4v) is 3.68. The standard InChI is InChI=1S/C18H21N3O2/c1-13-19-8-10-21(13)15-6-4-9-20(12-15)18(22)17-11-14-5-2-3-7-16(14)23-17/h2-3,5,7-8,10,15,17H,4,6,9,11-12H2,1H3. The fourth-order valence-electron chi connectivity index (χ4n) is 3.68. The molecule has 5 nitrogen and oxygen atoms in total. The van der Waals surface area contributed by atoms with Crippen LogP contribution in [0.4, 0.5) is 0 Å². The van der Waals surface area contributed by atoms with Gasteiger partial charge in [-0.15, -0.1) is 0 Å². The number of hydrogen-bond donors (Lipinski definition) is 0. The fraction of sp³-hybridized carbons (Fsp3) is 0.444. The van der Waals surface area contributed by atoms with Gasteiger partial charge in [-0.3, -0.25) is 4.79 Å². The number of imidazole rings is 1. The van der Waals surface area contributed by atoms with E-state index in [0.717, 1.165) is 43.1 Å². The molecule has 3 heterocycles. The summed E-state index contributed by atoms with van der Waals surface area (Å²) < 4.78 is 8.05. The average Bonchev–Trinajstić information content (AvgIpc) is 3.20. The number of likely N-dealkylation sites (tertiary alicyclic amines) is 1. The van der Waals surface area contributed by atoms with Crippen molar-refractivity contribution in [3.8, 4) is 5.75 Å².